The molecular weight excluding hydrogens is 232 g/mol. The highest BCUT2D eigenvalue weighted by Gasteiger charge is 2.25. The van der Waals surface area contributed by atoms with Crippen molar-refractivity contribution >= 4 is 5.78 Å². The van der Waals surface area contributed by atoms with Crippen LogP contribution in [0, 0.1) is 5.92 Å². The molecule has 0 aromatic heterocycles. The minimum absolute atomic E-state index is 0.127. The van der Waals surface area contributed by atoms with Crippen molar-refractivity contribution in [3.63, 3.8) is 0 Å². The van der Waals surface area contributed by atoms with Gasteiger partial charge in [-0.2, -0.15) is 0 Å². The van der Waals surface area contributed by atoms with E-state index in [4.69, 9.17) is 9.84 Å². The number of aliphatic hydroxyl groups excluding tert-OH is 1. The van der Waals surface area contributed by atoms with Crippen LogP contribution < -0.4 is 0 Å². The number of hydrogen-bond acceptors (Lipinski definition) is 5. The minimum Gasteiger partial charge on any atom is -0.395 e. The number of hydrogen-bond donors (Lipinski definition) is 1. The second-order valence-corrected chi connectivity index (χ2v) is 5.22. The molecule has 1 unspecified atom stereocenters. The summed E-state index contributed by atoms with van der Waals surface area (Å²) >= 11 is 0. The number of ether oxygens (including phenoxy) is 1. The number of rotatable bonds is 5. The summed E-state index contributed by atoms with van der Waals surface area (Å²) in [7, 11) is 0. The summed E-state index contributed by atoms with van der Waals surface area (Å²) in [6, 6.07) is 0. The zero-order chi connectivity index (χ0) is 12.8. The van der Waals surface area contributed by atoms with E-state index in [9.17, 15) is 4.79 Å². The maximum Gasteiger partial charge on any atom is 0.152 e. The first-order chi connectivity index (χ1) is 8.79. The molecule has 0 saturated carbocycles. The van der Waals surface area contributed by atoms with E-state index in [2.05, 4.69) is 9.80 Å². The lowest BCUT2D eigenvalue weighted by Gasteiger charge is -2.21. The van der Waals surface area contributed by atoms with Gasteiger partial charge >= 0.3 is 0 Å². The first-order valence-electron chi connectivity index (χ1n) is 6.95. The van der Waals surface area contributed by atoms with Crippen molar-refractivity contribution in [3.05, 3.63) is 0 Å². The largest absolute Gasteiger partial charge is 0.395 e. The summed E-state index contributed by atoms with van der Waals surface area (Å²) < 4.78 is 5.27. The molecule has 0 aliphatic carbocycles. The van der Waals surface area contributed by atoms with Crippen LogP contribution in [-0.2, 0) is 9.53 Å². The third-order valence-corrected chi connectivity index (χ3v) is 3.86. The van der Waals surface area contributed by atoms with Crippen LogP contribution in [0.1, 0.15) is 12.8 Å². The van der Waals surface area contributed by atoms with Crippen LogP contribution in [0.25, 0.3) is 0 Å². The molecule has 5 nitrogen and oxygen atoms in total. The number of nitrogens with zero attached hydrogens (tertiary/aromatic N) is 2. The van der Waals surface area contributed by atoms with E-state index in [1.165, 1.54) is 0 Å². The molecule has 2 fully saturated rings. The van der Waals surface area contributed by atoms with Gasteiger partial charge < -0.3 is 9.84 Å². The number of β-amino-alcohol motifs (C(OH)–C–C–N with tert-alkyl or cyclic N) is 1. The molecule has 2 aliphatic heterocycles. The fourth-order valence-electron chi connectivity index (χ4n) is 2.69. The van der Waals surface area contributed by atoms with Gasteiger partial charge in [-0.3, -0.25) is 14.6 Å². The third-order valence-electron chi connectivity index (χ3n) is 3.86. The van der Waals surface area contributed by atoms with Crippen LogP contribution in [-0.4, -0.2) is 79.8 Å². The lowest BCUT2D eigenvalue weighted by atomic mass is 10.0. The highest BCUT2D eigenvalue weighted by atomic mass is 16.5. The van der Waals surface area contributed by atoms with E-state index >= 15 is 0 Å². The smallest absolute Gasteiger partial charge is 0.152 e. The van der Waals surface area contributed by atoms with Gasteiger partial charge in [0.05, 0.1) is 19.8 Å². The summed E-state index contributed by atoms with van der Waals surface area (Å²) in [6.07, 6.45) is 1.97. The molecule has 1 N–H and O–H groups in total. The number of Topliss-reactive ketones (excluding diaryl/α,β-unsaturated/α-hetero) is 1. The van der Waals surface area contributed by atoms with E-state index in [1.54, 1.807) is 0 Å². The van der Waals surface area contributed by atoms with Crippen LogP contribution >= 0.6 is 0 Å². The van der Waals surface area contributed by atoms with Gasteiger partial charge in [-0.05, 0) is 25.9 Å². The van der Waals surface area contributed by atoms with Crippen molar-refractivity contribution < 1.29 is 14.6 Å². The average molecular weight is 256 g/mol. The lowest BCUT2D eigenvalue weighted by molar-refractivity contribution is -0.124. The molecule has 0 spiro atoms. The Balaban J connectivity index is 1.74. The van der Waals surface area contributed by atoms with E-state index in [0.717, 1.165) is 52.2 Å². The highest BCUT2D eigenvalue weighted by Crippen LogP contribution is 2.14. The van der Waals surface area contributed by atoms with Crippen LogP contribution in [0.3, 0.4) is 0 Å². The summed E-state index contributed by atoms with van der Waals surface area (Å²) in [6.45, 7) is 6.79. The number of carbonyl (C=O) groups excluding carboxylic acids is 1. The number of aliphatic hydroxyl groups is 1. The summed E-state index contributed by atoms with van der Waals surface area (Å²) in [4.78, 5) is 16.6. The normalized spacial score (nSPS) is 27.3. The monoisotopic (exact) mass is 256 g/mol. The molecule has 2 heterocycles. The highest BCUT2D eigenvalue weighted by molar-refractivity contribution is 5.83. The Morgan fingerprint density at radius 3 is 2.72 bits per heavy atom. The van der Waals surface area contributed by atoms with Gasteiger partial charge in [0, 0.05) is 32.2 Å². The predicted molar refractivity (Wildman–Crippen MR) is 68.5 cm³/mol. The molecule has 0 bridgehead atoms. The zero-order valence-corrected chi connectivity index (χ0v) is 11.0. The summed E-state index contributed by atoms with van der Waals surface area (Å²) in [5, 5.41) is 8.94. The van der Waals surface area contributed by atoms with Crippen LogP contribution in [0.4, 0.5) is 0 Å². The van der Waals surface area contributed by atoms with Gasteiger partial charge in [-0.25, -0.2) is 0 Å². The van der Waals surface area contributed by atoms with Crippen molar-refractivity contribution in [1.82, 2.24) is 9.80 Å². The Bertz CT molecular complexity index is 267. The Labute approximate surface area is 109 Å². The van der Waals surface area contributed by atoms with Crippen LogP contribution in [0.2, 0.25) is 0 Å². The first kappa shape index (κ1) is 13.9. The molecule has 5 heteroatoms. The Morgan fingerprint density at radius 2 is 2.00 bits per heavy atom. The molecule has 2 aliphatic rings. The molecule has 18 heavy (non-hydrogen) atoms. The summed E-state index contributed by atoms with van der Waals surface area (Å²) in [5.74, 6) is 0.463. The molecule has 0 radical (unpaired) electrons. The molecule has 104 valence electrons. The standard InChI is InChI=1S/C13H24N2O3/c16-8-7-14-3-1-4-15(6-5-14)10-13(17)12-2-9-18-11-12/h12,16H,1-11H2. The quantitative estimate of drug-likeness (QED) is 0.725. The Kier molecular flexibility index (Phi) is 5.56. The molecule has 0 aromatic rings. The average Bonchev–Trinajstić information content (AvgIpc) is 2.81. The summed E-state index contributed by atoms with van der Waals surface area (Å²) in [5.41, 5.74) is 0. The van der Waals surface area contributed by atoms with Crippen molar-refractivity contribution in [3.8, 4) is 0 Å². The second kappa shape index (κ2) is 7.19. The van der Waals surface area contributed by atoms with Crippen LogP contribution in [0.15, 0.2) is 0 Å². The zero-order valence-electron chi connectivity index (χ0n) is 11.0. The predicted octanol–water partition coefficient (Wildman–Crippen LogP) is -0.408. The van der Waals surface area contributed by atoms with Crippen molar-refractivity contribution in [2.24, 2.45) is 5.92 Å². The topological polar surface area (TPSA) is 53.0 Å². The number of ketones is 1. The second-order valence-electron chi connectivity index (χ2n) is 5.22. The first-order valence-corrected chi connectivity index (χ1v) is 6.95. The maximum atomic E-state index is 12.1. The van der Waals surface area contributed by atoms with E-state index < -0.39 is 0 Å². The third kappa shape index (κ3) is 4.02. The molecule has 0 aromatic carbocycles. The Hall–Kier alpha value is -0.490. The fourth-order valence-corrected chi connectivity index (χ4v) is 2.69. The van der Waals surface area contributed by atoms with E-state index in [-0.39, 0.29) is 12.5 Å². The molecule has 2 rings (SSSR count). The van der Waals surface area contributed by atoms with Crippen molar-refractivity contribution in [1.29, 1.82) is 0 Å². The molecule has 0 amide bonds. The van der Waals surface area contributed by atoms with Gasteiger partial charge in [0.2, 0.25) is 0 Å². The SMILES string of the molecule is O=C(CN1CCCN(CCO)CC1)C1CCOC1. The van der Waals surface area contributed by atoms with Gasteiger partial charge in [0.25, 0.3) is 0 Å². The van der Waals surface area contributed by atoms with Gasteiger partial charge in [0.1, 0.15) is 0 Å². The molecule has 1 atom stereocenters. The number of carbonyl (C=O) groups is 1. The lowest BCUT2D eigenvalue weighted by Crippen LogP contribution is -2.37. The van der Waals surface area contributed by atoms with Gasteiger partial charge in [0.15, 0.2) is 5.78 Å². The Morgan fingerprint density at radius 1 is 1.22 bits per heavy atom. The minimum atomic E-state index is 0.127. The molecular formula is C13H24N2O3. The fraction of sp³-hybridized carbons (Fsp3) is 0.923. The van der Waals surface area contributed by atoms with Crippen molar-refractivity contribution in [2.75, 3.05) is 59.1 Å². The van der Waals surface area contributed by atoms with E-state index in [1.807, 2.05) is 0 Å². The van der Waals surface area contributed by atoms with Gasteiger partial charge in [-0.1, -0.05) is 0 Å². The van der Waals surface area contributed by atoms with Crippen molar-refractivity contribution in [2.45, 2.75) is 12.8 Å². The van der Waals surface area contributed by atoms with Crippen LogP contribution in [0.5, 0.6) is 0 Å². The maximum absolute atomic E-state index is 12.1. The molecule has 2 saturated heterocycles. The van der Waals surface area contributed by atoms with Gasteiger partial charge in [-0.15, -0.1) is 0 Å². The van der Waals surface area contributed by atoms with E-state index in [0.29, 0.717) is 18.9 Å².